The maximum Gasteiger partial charge on any atom is 0.257 e. The van der Waals surface area contributed by atoms with Crippen molar-refractivity contribution in [2.24, 2.45) is 16.6 Å². The first-order chi connectivity index (χ1) is 11.6. The summed E-state index contributed by atoms with van der Waals surface area (Å²) in [5.41, 5.74) is 12.0. The van der Waals surface area contributed by atoms with E-state index in [1.54, 1.807) is 4.68 Å². The first-order valence-corrected chi connectivity index (χ1v) is 8.51. The van der Waals surface area contributed by atoms with Crippen LogP contribution in [0.3, 0.4) is 0 Å². The average molecular weight is 383 g/mol. The molecule has 0 spiro atoms. The summed E-state index contributed by atoms with van der Waals surface area (Å²) in [7, 11) is 0. The first kappa shape index (κ1) is 21.1. The number of rotatable bonds is 9. The predicted octanol–water partition coefficient (Wildman–Crippen LogP) is -0.150. The van der Waals surface area contributed by atoms with E-state index in [1.807, 2.05) is 48.7 Å². The number of benzene rings is 1. The first-order valence-electron chi connectivity index (χ1n) is 8.13. The van der Waals surface area contributed by atoms with E-state index in [4.69, 9.17) is 27.8 Å². The van der Waals surface area contributed by atoms with E-state index < -0.39 is 0 Å². The standard InChI is InChI=1S/C18H24ClN4O.ClH/c19-15-9-11-17(12-10-15)24-14-6-2-1-3-7-16-8-4-5-13-23(16)22-18(20)21;/h4-5,8-13H,1-3,6-7,14H2,(H4,20,21,22);1H/q+1;/p-1. The van der Waals surface area contributed by atoms with Crippen LogP contribution in [-0.2, 0) is 6.42 Å². The maximum absolute atomic E-state index is 5.84. The highest BCUT2D eigenvalue weighted by Crippen LogP contribution is 2.16. The molecule has 0 saturated heterocycles. The molecule has 0 aliphatic heterocycles. The Labute approximate surface area is 160 Å². The van der Waals surface area contributed by atoms with E-state index in [1.165, 1.54) is 0 Å². The van der Waals surface area contributed by atoms with E-state index in [9.17, 15) is 0 Å². The number of aryl methyl sites for hydroxylation is 1. The number of pyridine rings is 1. The number of hydrogen-bond acceptors (Lipinski definition) is 2. The minimum Gasteiger partial charge on any atom is -1.00 e. The Balaban J connectivity index is 0.00000312. The Morgan fingerprint density at radius 2 is 1.72 bits per heavy atom. The van der Waals surface area contributed by atoms with Gasteiger partial charge in [0.05, 0.1) is 6.61 Å². The van der Waals surface area contributed by atoms with E-state index in [2.05, 4.69) is 5.10 Å². The molecule has 0 atom stereocenters. The van der Waals surface area contributed by atoms with Crippen molar-refractivity contribution in [2.45, 2.75) is 32.1 Å². The van der Waals surface area contributed by atoms with Crippen LogP contribution in [0.25, 0.3) is 0 Å². The number of halogens is 2. The van der Waals surface area contributed by atoms with Gasteiger partial charge in [-0.2, -0.15) is 0 Å². The average Bonchev–Trinajstić information content (AvgIpc) is 2.56. The van der Waals surface area contributed by atoms with Gasteiger partial charge in [0.15, 0.2) is 0 Å². The second-order valence-electron chi connectivity index (χ2n) is 5.53. The van der Waals surface area contributed by atoms with Gasteiger partial charge in [-0.05, 0) is 43.2 Å². The molecule has 0 fully saturated rings. The van der Waals surface area contributed by atoms with E-state index >= 15 is 0 Å². The van der Waals surface area contributed by atoms with Crippen LogP contribution in [0.2, 0.25) is 5.02 Å². The van der Waals surface area contributed by atoms with Gasteiger partial charge in [0.2, 0.25) is 11.9 Å². The van der Waals surface area contributed by atoms with Gasteiger partial charge >= 0.3 is 0 Å². The second-order valence-corrected chi connectivity index (χ2v) is 5.96. The summed E-state index contributed by atoms with van der Waals surface area (Å²) in [5.74, 6) is 0.925. The van der Waals surface area contributed by atoms with Gasteiger partial charge < -0.3 is 28.6 Å². The molecule has 0 aliphatic carbocycles. The highest BCUT2D eigenvalue weighted by atomic mass is 35.5. The zero-order chi connectivity index (χ0) is 17.2. The predicted molar refractivity (Wildman–Crippen MR) is 97.0 cm³/mol. The normalized spacial score (nSPS) is 9.96. The van der Waals surface area contributed by atoms with Crippen LogP contribution >= 0.6 is 11.6 Å². The van der Waals surface area contributed by atoms with E-state index in [0.717, 1.165) is 55.2 Å². The lowest BCUT2D eigenvalue weighted by atomic mass is 10.1. The van der Waals surface area contributed by atoms with Gasteiger partial charge in [0.1, 0.15) is 5.75 Å². The molecule has 1 heterocycles. The van der Waals surface area contributed by atoms with Crippen LogP contribution in [-0.4, -0.2) is 12.6 Å². The zero-order valence-electron chi connectivity index (χ0n) is 14.1. The number of nitrogens with two attached hydrogens (primary N) is 2. The van der Waals surface area contributed by atoms with Crippen molar-refractivity contribution in [2.75, 3.05) is 6.61 Å². The van der Waals surface area contributed by atoms with Crippen molar-refractivity contribution in [1.29, 1.82) is 0 Å². The molecule has 0 saturated carbocycles. The molecule has 136 valence electrons. The lowest BCUT2D eigenvalue weighted by molar-refractivity contribution is -0.686. The Hall–Kier alpha value is -1.98. The molecule has 2 aromatic rings. The fourth-order valence-electron chi connectivity index (χ4n) is 2.37. The van der Waals surface area contributed by atoms with Crippen molar-refractivity contribution in [1.82, 2.24) is 0 Å². The smallest absolute Gasteiger partial charge is 0.257 e. The SMILES string of the molecule is NC(N)=N[n+]1ccccc1CCCCCCOc1ccc(Cl)cc1.[Cl-]. The molecular weight excluding hydrogens is 359 g/mol. The summed E-state index contributed by atoms with van der Waals surface area (Å²) in [5, 5.41) is 4.81. The summed E-state index contributed by atoms with van der Waals surface area (Å²) in [6, 6.07) is 13.4. The Morgan fingerprint density at radius 1 is 1.00 bits per heavy atom. The zero-order valence-corrected chi connectivity index (χ0v) is 15.6. The van der Waals surface area contributed by atoms with Gasteiger partial charge in [-0.1, -0.05) is 29.1 Å². The molecule has 0 radical (unpaired) electrons. The molecule has 7 heteroatoms. The summed E-state index contributed by atoms with van der Waals surface area (Å²) in [6.45, 7) is 0.723. The minimum atomic E-state index is 0. The van der Waals surface area contributed by atoms with Gasteiger partial charge in [0, 0.05) is 28.7 Å². The summed E-state index contributed by atoms with van der Waals surface area (Å²) in [6.07, 6.45) is 7.18. The third-order valence-corrected chi connectivity index (χ3v) is 3.81. The number of guanidine groups is 1. The Bertz CT molecular complexity index is 658. The van der Waals surface area contributed by atoms with Gasteiger partial charge in [0.25, 0.3) is 5.96 Å². The maximum atomic E-state index is 5.84. The van der Waals surface area contributed by atoms with Crippen molar-refractivity contribution in [3.05, 3.63) is 59.4 Å². The van der Waals surface area contributed by atoms with E-state index in [0.29, 0.717) is 0 Å². The topological polar surface area (TPSA) is 77.5 Å². The van der Waals surface area contributed by atoms with Gasteiger partial charge in [-0.3, -0.25) is 0 Å². The molecule has 0 amide bonds. The summed E-state index contributed by atoms with van der Waals surface area (Å²) >= 11 is 5.84. The van der Waals surface area contributed by atoms with Gasteiger partial charge in [-0.15, -0.1) is 0 Å². The lowest BCUT2D eigenvalue weighted by Gasteiger charge is -2.06. The molecular formula is C18H24Cl2N4O. The highest BCUT2D eigenvalue weighted by Gasteiger charge is 2.09. The molecule has 1 aromatic carbocycles. The number of unbranched alkanes of at least 4 members (excludes halogenated alkanes) is 3. The molecule has 25 heavy (non-hydrogen) atoms. The summed E-state index contributed by atoms with van der Waals surface area (Å²) in [4.78, 5) is 0. The molecule has 0 unspecified atom stereocenters. The summed E-state index contributed by atoms with van der Waals surface area (Å²) < 4.78 is 7.42. The number of ether oxygens (including phenoxy) is 1. The Morgan fingerprint density at radius 3 is 2.44 bits per heavy atom. The van der Waals surface area contributed by atoms with Crippen molar-refractivity contribution in [3.8, 4) is 5.75 Å². The number of aromatic nitrogens is 1. The lowest BCUT2D eigenvalue weighted by Crippen LogP contribution is -3.00. The molecule has 5 nitrogen and oxygen atoms in total. The largest absolute Gasteiger partial charge is 1.00 e. The highest BCUT2D eigenvalue weighted by molar-refractivity contribution is 6.30. The third-order valence-electron chi connectivity index (χ3n) is 3.55. The van der Waals surface area contributed by atoms with Crippen LogP contribution < -0.4 is 33.3 Å². The fourth-order valence-corrected chi connectivity index (χ4v) is 2.50. The number of nitrogens with zero attached hydrogens (tertiary/aromatic N) is 2. The quantitative estimate of drug-likeness (QED) is 0.274. The number of hydrogen-bond donors (Lipinski definition) is 2. The molecule has 1 aromatic heterocycles. The second kappa shape index (κ2) is 11.6. The fraction of sp³-hybridized carbons (Fsp3) is 0.333. The van der Waals surface area contributed by atoms with Crippen molar-refractivity contribution in [3.63, 3.8) is 0 Å². The van der Waals surface area contributed by atoms with E-state index in [-0.39, 0.29) is 18.4 Å². The van der Waals surface area contributed by atoms with Crippen molar-refractivity contribution >= 4 is 17.6 Å². The van der Waals surface area contributed by atoms with Crippen LogP contribution in [0.5, 0.6) is 5.75 Å². The van der Waals surface area contributed by atoms with Crippen LogP contribution in [0.4, 0.5) is 0 Å². The van der Waals surface area contributed by atoms with Gasteiger partial charge in [-0.25, -0.2) is 0 Å². The Kier molecular flexibility index (Phi) is 9.73. The van der Waals surface area contributed by atoms with Crippen LogP contribution in [0.1, 0.15) is 31.4 Å². The molecule has 0 bridgehead atoms. The van der Waals surface area contributed by atoms with Crippen molar-refractivity contribution < 1.29 is 21.8 Å². The molecule has 2 rings (SSSR count). The minimum absolute atomic E-state index is 0. The third kappa shape index (κ3) is 8.09. The van der Waals surface area contributed by atoms with Crippen LogP contribution in [0, 0.1) is 0 Å². The molecule has 0 aliphatic rings. The van der Waals surface area contributed by atoms with Crippen LogP contribution in [0.15, 0.2) is 53.8 Å². The molecule has 4 N–H and O–H groups in total. The monoisotopic (exact) mass is 382 g/mol.